The molecule has 24 heavy (non-hydrogen) atoms. The lowest BCUT2D eigenvalue weighted by Gasteiger charge is -2.05. The van der Waals surface area contributed by atoms with E-state index in [9.17, 15) is 4.79 Å². The summed E-state index contributed by atoms with van der Waals surface area (Å²) in [5, 5.41) is 11.0. The summed E-state index contributed by atoms with van der Waals surface area (Å²) in [5.74, 6) is 0. The van der Waals surface area contributed by atoms with Gasteiger partial charge >= 0.3 is 6.09 Å². The molecule has 0 aromatic heterocycles. The maximum atomic E-state index is 10.9. The average molecular weight is 344 g/mol. The minimum atomic E-state index is -0.551. The first-order valence-electron chi connectivity index (χ1n) is 10.3. The third kappa shape index (κ3) is 19.3. The second-order valence-corrected chi connectivity index (χ2v) is 6.79. The van der Waals surface area contributed by atoms with E-state index in [-0.39, 0.29) is 0 Å². The average Bonchev–Trinajstić information content (AvgIpc) is 2.58. The third-order valence-electron chi connectivity index (χ3n) is 4.50. The molecule has 0 unspecified atom stereocenters. The van der Waals surface area contributed by atoms with Gasteiger partial charge in [0.25, 0.3) is 0 Å². The van der Waals surface area contributed by atoms with Crippen molar-refractivity contribution in [3.63, 3.8) is 0 Å². The zero-order valence-corrected chi connectivity index (χ0v) is 16.0. The molecule has 0 aliphatic rings. The van der Waals surface area contributed by atoms with Crippen LogP contribution in [0.2, 0.25) is 0 Å². The quantitative estimate of drug-likeness (QED) is 0.240. The molecule has 4 nitrogen and oxygen atoms in total. The van der Waals surface area contributed by atoms with Gasteiger partial charge in [0.15, 0.2) is 6.79 Å². The Kier molecular flexibility index (Phi) is 19.6. The Labute approximate surface area is 149 Å². The largest absolute Gasteiger partial charge is 0.423 e. The predicted molar refractivity (Wildman–Crippen MR) is 101 cm³/mol. The summed E-state index contributed by atoms with van der Waals surface area (Å²) in [6.45, 7) is 2.36. The van der Waals surface area contributed by atoms with Crippen LogP contribution in [0.5, 0.6) is 0 Å². The predicted octanol–water partition coefficient (Wildman–Crippen LogP) is 5.92. The van der Waals surface area contributed by atoms with E-state index in [0.717, 1.165) is 12.8 Å². The number of rotatable bonds is 18. The van der Waals surface area contributed by atoms with Crippen LogP contribution < -0.4 is 5.32 Å². The Morgan fingerprint density at radius 1 is 0.708 bits per heavy atom. The lowest BCUT2D eigenvalue weighted by atomic mass is 10.0. The summed E-state index contributed by atoms with van der Waals surface area (Å²) in [4.78, 5) is 10.9. The molecule has 1 amide bonds. The van der Waals surface area contributed by atoms with E-state index in [2.05, 4.69) is 17.0 Å². The van der Waals surface area contributed by atoms with Gasteiger partial charge in [-0.2, -0.15) is 0 Å². The molecule has 0 aromatic carbocycles. The van der Waals surface area contributed by atoms with Crippen molar-refractivity contribution in [1.82, 2.24) is 5.32 Å². The Bertz CT molecular complexity index is 259. The fourth-order valence-corrected chi connectivity index (χ4v) is 2.97. The molecule has 0 bridgehead atoms. The Morgan fingerprint density at radius 2 is 1.08 bits per heavy atom. The molecule has 0 spiro atoms. The van der Waals surface area contributed by atoms with Gasteiger partial charge < -0.3 is 15.2 Å². The molecular formula is C20H41NO3. The fourth-order valence-electron chi connectivity index (χ4n) is 2.97. The molecule has 0 radical (unpaired) electrons. The van der Waals surface area contributed by atoms with E-state index in [1.165, 1.54) is 89.9 Å². The van der Waals surface area contributed by atoms with Gasteiger partial charge in [0.1, 0.15) is 0 Å². The molecule has 0 aliphatic heterocycles. The summed E-state index contributed by atoms with van der Waals surface area (Å²) >= 11 is 0. The van der Waals surface area contributed by atoms with Gasteiger partial charge in [-0.1, -0.05) is 103 Å². The minimum Gasteiger partial charge on any atom is -0.423 e. The Balaban J connectivity index is 3.01. The molecule has 4 heteroatoms. The number of ether oxygens (including phenoxy) is 1. The number of alkyl carbamates (subject to hydrolysis) is 1. The van der Waals surface area contributed by atoms with Gasteiger partial charge in [0.05, 0.1) is 0 Å². The van der Waals surface area contributed by atoms with Crippen molar-refractivity contribution in [2.75, 3.05) is 13.3 Å². The van der Waals surface area contributed by atoms with Crippen LogP contribution in [0.25, 0.3) is 0 Å². The van der Waals surface area contributed by atoms with Crippen molar-refractivity contribution in [3.8, 4) is 0 Å². The van der Waals surface area contributed by atoms with E-state index in [1.54, 1.807) is 0 Å². The van der Waals surface area contributed by atoms with Gasteiger partial charge in [-0.15, -0.1) is 0 Å². The first kappa shape index (κ1) is 23.2. The number of carbonyl (C=O) groups excluding carboxylic acids is 1. The van der Waals surface area contributed by atoms with Crippen molar-refractivity contribution >= 4 is 6.09 Å². The van der Waals surface area contributed by atoms with E-state index in [0.29, 0.717) is 6.54 Å². The van der Waals surface area contributed by atoms with Gasteiger partial charge in [-0.05, 0) is 6.42 Å². The first-order valence-corrected chi connectivity index (χ1v) is 10.3. The van der Waals surface area contributed by atoms with Crippen LogP contribution in [-0.2, 0) is 4.74 Å². The molecule has 0 atom stereocenters. The number of unbranched alkanes of at least 4 members (excludes halogenated alkanes) is 15. The van der Waals surface area contributed by atoms with Crippen LogP contribution in [0.1, 0.15) is 110 Å². The van der Waals surface area contributed by atoms with Crippen LogP contribution in [0.4, 0.5) is 4.79 Å². The molecule has 0 aliphatic carbocycles. The maximum Gasteiger partial charge on any atom is 0.409 e. The Hall–Kier alpha value is -0.770. The molecule has 0 saturated carbocycles. The number of carbonyl (C=O) groups is 1. The topological polar surface area (TPSA) is 58.6 Å². The van der Waals surface area contributed by atoms with E-state index < -0.39 is 12.9 Å². The molecule has 2 N–H and O–H groups in total. The van der Waals surface area contributed by atoms with Gasteiger partial charge in [-0.25, -0.2) is 4.79 Å². The van der Waals surface area contributed by atoms with E-state index in [4.69, 9.17) is 5.11 Å². The smallest absolute Gasteiger partial charge is 0.409 e. The van der Waals surface area contributed by atoms with Crippen LogP contribution in [-0.4, -0.2) is 24.5 Å². The fraction of sp³-hybridized carbons (Fsp3) is 0.950. The zero-order valence-electron chi connectivity index (χ0n) is 16.0. The van der Waals surface area contributed by atoms with Crippen molar-refractivity contribution in [2.45, 2.75) is 110 Å². The normalized spacial score (nSPS) is 10.8. The minimum absolute atomic E-state index is 0.529. The lowest BCUT2D eigenvalue weighted by Crippen LogP contribution is -2.25. The molecular weight excluding hydrogens is 302 g/mol. The number of aliphatic hydroxyl groups is 1. The standard InChI is InChI=1S/C20H41NO3/c1-2-3-4-5-6-7-8-9-10-11-12-13-14-15-16-17-18-21-20(23)24-19-22/h22H,2-19H2,1H3,(H,21,23). The summed E-state index contributed by atoms with van der Waals surface area (Å²) in [5.41, 5.74) is 0. The maximum absolute atomic E-state index is 10.9. The lowest BCUT2D eigenvalue weighted by molar-refractivity contribution is 0.0444. The number of amides is 1. The van der Waals surface area contributed by atoms with Crippen LogP contribution >= 0.6 is 0 Å². The van der Waals surface area contributed by atoms with E-state index >= 15 is 0 Å². The summed E-state index contributed by atoms with van der Waals surface area (Å²) in [6, 6.07) is 0. The molecule has 0 aromatic rings. The second-order valence-electron chi connectivity index (χ2n) is 6.79. The number of nitrogens with one attached hydrogen (secondary N) is 1. The molecule has 0 fully saturated rings. The number of hydrogen-bond acceptors (Lipinski definition) is 3. The highest BCUT2D eigenvalue weighted by atomic mass is 16.6. The van der Waals surface area contributed by atoms with Crippen molar-refractivity contribution in [3.05, 3.63) is 0 Å². The summed E-state index contributed by atoms with van der Waals surface area (Å²) in [6.07, 6.45) is 21.0. The van der Waals surface area contributed by atoms with Gasteiger partial charge in [-0.3, -0.25) is 0 Å². The number of aliphatic hydroxyl groups excluding tert-OH is 1. The highest BCUT2D eigenvalue weighted by Crippen LogP contribution is 2.13. The molecule has 0 rings (SSSR count). The molecule has 144 valence electrons. The SMILES string of the molecule is CCCCCCCCCCCCCCCCCCNC(=O)OCO. The zero-order chi connectivity index (χ0) is 17.7. The van der Waals surface area contributed by atoms with Crippen molar-refractivity contribution in [2.24, 2.45) is 0 Å². The van der Waals surface area contributed by atoms with Crippen LogP contribution in [0.3, 0.4) is 0 Å². The highest BCUT2D eigenvalue weighted by molar-refractivity contribution is 5.66. The van der Waals surface area contributed by atoms with Crippen molar-refractivity contribution in [1.29, 1.82) is 0 Å². The summed E-state index contributed by atoms with van der Waals surface area (Å²) < 4.78 is 4.38. The van der Waals surface area contributed by atoms with E-state index in [1.807, 2.05) is 0 Å². The van der Waals surface area contributed by atoms with Gasteiger partial charge in [0, 0.05) is 6.54 Å². The third-order valence-corrected chi connectivity index (χ3v) is 4.50. The first-order chi connectivity index (χ1) is 11.8. The second kappa shape index (κ2) is 20.3. The van der Waals surface area contributed by atoms with Crippen LogP contribution in [0.15, 0.2) is 0 Å². The van der Waals surface area contributed by atoms with Crippen molar-refractivity contribution < 1.29 is 14.6 Å². The summed E-state index contributed by atoms with van der Waals surface area (Å²) in [7, 11) is 0. The molecule has 0 heterocycles. The number of hydrogen-bond donors (Lipinski definition) is 2. The highest BCUT2D eigenvalue weighted by Gasteiger charge is 1.98. The Morgan fingerprint density at radius 3 is 1.46 bits per heavy atom. The van der Waals surface area contributed by atoms with Gasteiger partial charge in [0.2, 0.25) is 0 Å². The molecule has 0 saturated heterocycles. The monoisotopic (exact) mass is 343 g/mol. The van der Waals surface area contributed by atoms with Crippen LogP contribution in [0, 0.1) is 0 Å².